The van der Waals surface area contributed by atoms with Gasteiger partial charge in [0.1, 0.15) is 0 Å². The molecule has 0 saturated carbocycles. The van der Waals surface area contributed by atoms with Crippen LogP contribution in [-0.2, 0) is 8.85 Å². The first kappa shape index (κ1) is 23.3. The van der Waals surface area contributed by atoms with Gasteiger partial charge in [-0.1, -0.05) is 58.3 Å². The molecule has 0 fully saturated rings. The summed E-state index contributed by atoms with van der Waals surface area (Å²) in [4.78, 5) is 0. The standard InChI is InChI=1S/C17H38O2Si.FH/c1-7-8-9-10-11-12-13-14-15-20(6,18-16(2)3)19-17(4)5;/h16-17H,7-15H2,1-6H3;1H. The van der Waals surface area contributed by atoms with Crippen molar-refractivity contribution in [3.8, 4) is 0 Å². The van der Waals surface area contributed by atoms with Gasteiger partial charge >= 0.3 is 8.56 Å². The maximum atomic E-state index is 6.12. The molecule has 0 spiro atoms. The SMILES string of the molecule is CCCCCCCCCC[Si](C)(OC(C)C)OC(C)C.F. The van der Waals surface area contributed by atoms with Crippen molar-refractivity contribution >= 4 is 8.56 Å². The number of rotatable bonds is 13. The Kier molecular flexibility index (Phi) is 15.2. The van der Waals surface area contributed by atoms with Gasteiger partial charge < -0.3 is 8.85 Å². The topological polar surface area (TPSA) is 18.5 Å². The molecule has 0 aromatic heterocycles. The minimum atomic E-state index is -1.96. The predicted octanol–water partition coefficient (Wildman–Crippen LogP) is 6.20. The van der Waals surface area contributed by atoms with E-state index in [1.807, 2.05) is 0 Å². The summed E-state index contributed by atoms with van der Waals surface area (Å²) in [6.45, 7) is 13.0. The van der Waals surface area contributed by atoms with Crippen LogP contribution >= 0.6 is 0 Å². The van der Waals surface area contributed by atoms with E-state index in [2.05, 4.69) is 41.2 Å². The van der Waals surface area contributed by atoms with Crippen LogP contribution in [0.4, 0.5) is 4.70 Å². The first-order valence-electron chi connectivity index (χ1n) is 8.75. The lowest BCUT2D eigenvalue weighted by atomic mass is 10.1. The Hall–Kier alpha value is 0.0669. The van der Waals surface area contributed by atoms with Gasteiger partial charge in [0.2, 0.25) is 0 Å². The molecule has 0 aliphatic carbocycles. The molecular weight excluding hydrogens is 283 g/mol. The van der Waals surface area contributed by atoms with Gasteiger partial charge in [-0.25, -0.2) is 0 Å². The van der Waals surface area contributed by atoms with Crippen LogP contribution in [0.3, 0.4) is 0 Å². The fourth-order valence-electron chi connectivity index (χ4n) is 2.72. The Morgan fingerprint density at radius 1 is 0.714 bits per heavy atom. The summed E-state index contributed by atoms with van der Waals surface area (Å²) in [6.07, 6.45) is 11.5. The second-order valence-electron chi connectivity index (χ2n) is 6.69. The maximum absolute atomic E-state index is 6.12. The zero-order chi connectivity index (χ0) is 15.4. The van der Waals surface area contributed by atoms with E-state index in [9.17, 15) is 0 Å². The van der Waals surface area contributed by atoms with Gasteiger partial charge in [-0.15, -0.1) is 0 Å². The van der Waals surface area contributed by atoms with Crippen LogP contribution in [0, 0.1) is 0 Å². The van der Waals surface area contributed by atoms with Crippen molar-refractivity contribution in [3.05, 3.63) is 0 Å². The lowest BCUT2D eigenvalue weighted by molar-refractivity contribution is 0.109. The van der Waals surface area contributed by atoms with E-state index in [4.69, 9.17) is 8.85 Å². The molecule has 0 amide bonds. The number of halogens is 1. The third-order valence-corrected chi connectivity index (χ3v) is 6.66. The molecule has 21 heavy (non-hydrogen) atoms. The number of hydrogen-bond acceptors (Lipinski definition) is 2. The normalized spacial score (nSPS) is 12.0. The highest BCUT2D eigenvalue weighted by atomic mass is 28.4. The van der Waals surface area contributed by atoms with Crippen molar-refractivity contribution < 1.29 is 13.6 Å². The molecule has 0 aliphatic rings. The van der Waals surface area contributed by atoms with Crippen molar-refractivity contribution in [1.82, 2.24) is 0 Å². The molecule has 0 N–H and O–H groups in total. The molecule has 0 radical (unpaired) electrons. The lowest BCUT2D eigenvalue weighted by Gasteiger charge is -2.31. The summed E-state index contributed by atoms with van der Waals surface area (Å²) < 4.78 is 12.2. The van der Waals surface area contributed by atoms with E-state index in [-0.39, 0.29) is 16.9 Å². The number of hydrogen-bond donors (Lipinski definition) is 0. The van der Waals surface area contributed by atoms with E-state index >= 15 is 0 Å². The quantitative estimate of drug-likeness (QED) is 0.297. The highest BCUT2D eigenvalue weighted by Gasteiger charge is 2.33. The fraction of sp³-hybridized carbons (Fsp3) is 1.00. The summed E-state index contributed by atoms with van der Waals surface area (Å²) in [6, 6.07) is 1.14. The average Bonchev–Trinajstić information content (AvgIpc) is 2.30. The summed E-state index contributed by atoms with van der Waals surface area (Å²) >= 11 is 0. The smallest absolute Gasteiger partial charge is 0.335 e. The van der Waals surface area contributed by atoms with Gasteiger partial charge in [0.25, 0.3) is 0 Å². The highest BCUT2D eigenvalue weighted by molar-refractivity contribution is 6.66. The van der Waals surface area contributed by atoms with Gasteiger partial charge in [0, 0.05) is 12.2 Å². The molecule has 0 saturated heterocycles. The molecule has 0 heterocycles. The van der Waals surface area contributed by atoms with Gasteiger partial charge in [0.15, 0.2) is 0 Å². The van der Waals surface area contributed by atoms with E-state index in [1.165, 1.54) is 51.4 Å². The van der Waals surface area contributed by atoms with Gasteiger partial charge in [-0.2, -0.15) is 0 Å². The fourth-order valence-corrected chi connectivity index (χ4v) is 5.90. The van der Waals surface area contributed by atoms with Crippen molar-refractivity contribution in [2.75, 3.05) is 0 Å². The molecule has 2 nitrogen and oxygen atoms in total. The Balaban J connectivity index is 0. The molecule has 130 valence electrons. The zero-order valence-corrected chi connectivity index (χ0v) is 16.2. The van der Waals surface area contributed by atoms with Gasteiger partial charge in [0.05, 0.1) is 0 Å². The van der Waals surface area contributed by atoms with Crippen LogP contribution in [0.1, 0.15) is 86.0 Å². The van der Waals surface area contributed by atoms with Crippen molar-refractivity contribution in [1.29, 1.82) is 0 Å². The van der Waals surface area contributed by atoms with Crippen LogP contribution in [-0.4, -0.2) is 20.8 Å². The average molecular weight is 323 g/mol. The van der Waals surface area contributed by atoms with Crippen LogP contribution in [0.2, 0.25) is 12.6 Å². The molecule has 0 aromatic carbocycles. The van der Waals surface area contributed by atoms with E-state index in [1.54, 1.807) is 0 Å². The van der Waals surface area contributed by atoms with Gasteiger partial charge in [-0.05, 0) is 40.3 Å². The zero-order valence-electron chi connectivity index (χ0n) is 15.2. The summed E-state index contributed by atoms with van der Waals surface area (Å²) in [5.41, 5.74) is 0. The Bertz CT molecular complexity index is 213. The monoisotopic (exact) mass is 322 g/mol. The maximum Gasteiger partial charge on any atom is 0.335 e. The van der Waals surface area contributed by atoms with E-state index in [0.717, 1.165) is 6.04 Å². The Labute approximate surface area is 133 Å². The van der Waals surface area contributed by atoms with Crippen molar-refractivity contribution in [2.45, 2.75) is 111 Å². The second-order valence-corrected chi connectivity index (χ2v) is 9.93. The third-order valence-electron chi connectivity index (χ3n) is 3.45. The lowest BCUT2D eigenvalue weighted by Crippen LogP contribution is -2.42. The summed E-state index contributed by atoms with van der Waals surface area (Å²) in [5.74, 6) is 0. The van der Waals surface area contributed by atoms with E-state index < -0.39 is 8.56 Å². The van der Waals surface area contributed by atoms with Crippen LogP contribution in [0.15, 0.2) is 0 Å². The van der Waals surface area contributed by atoms with Crippen LogP contribution in [0.25, 0.3) is 0 Å². The van der Waals surface area contributed by atoms with Gasteiger partial charge in [-0.3, -0.25) is 4.70 Å². The van der Waals surface area contributed by atoms with Crippen molar-refractivity contribution in [3.63, 3.8) is 0 Å². The molecule has 0 bridgehead atoms. The molecule has 0 atom stereocenters. The Morgan fingerprint density at radius 3 is 1.48 bits per heavy atom. The molecule has 0 aromatic rings. The minimum Gasteiger partial charge on any atom is -0.392 e. The third kappa shape index (κ3) is 14.8. The first-order chi connectivity index (χ1) is 9.39. The minimum absolute atomic E-state index is 0. The largest absolute Gasteiger partial charge is 0.392 e. The van der Waals surface area contributed by atoms with E-state index in [0.29, 0.717) is 0 Å². The predicted molar refractivity (Wildman–Crippen MR) is 94.0 cm³/mol. The molecule has 0 aliphatic heterocycles. The van der Waals surface area contributed by atoms with Crippen LogP contribution in [0.5, 0.6) is 0 Å². The van der Waals surface area contributed by atoms with Crippen LogP contribution < -0.4 is 0 Å². The molecule has 0 unspecified atom stereocenters. The summed E-state index contributed by atoms with van der Waals surface area (Å²) in [5, 5.41) is 0. The summed E-state index contributed by atoms with van der Waals surface area (Å²) in [7, 11) is -1.96. The van der Waals surface area contributed by atoms with Crippen molar-refractivity contribution in [2.24, 2.45) is 0 Å². The molecular formula is C17H39FO2Si. The first-order valence-corrected chi connectivity index (χ1v) is 11.3. The second kappa shape index (κ2) is 13.7. The Morgan fingerprint density at radius 2 is 1.10 bits per heavy atom. The molecule has 4 heteroatoms. The highest BCUT2D eigenvalue weighted by Crippen LogP contribution is 2.22. The molecule has 0 rings (SSSR count). The number of unbranched alkanes of at least 4 members (excludes halogenated alkanes) is 7.